The molecule has 1 atom stereocenters. The van der Waals surface area contributed by atoms with Gasteiger partial charge in [0.25, 0.3) is 0 Å². The number of hydrogen-bond acceptors (Lipinski definition) is 4. The van der Waals surface area contributed by atoms with Gasteiger partial charge in [-0.2, -0.15) is 0 Å². The van der Waals surface area contributed by atoms with E-state index in [9.17, 15) is 4.79 Å². The lowest BCUT2D eigenvalue weighted by molar-refractivity contribution is 0.132. The zero-order chi connectivity index (χ0) is 18.4. The highest BCUT2D eigenvalue weighted by molar-refractivity contribution is 5.74. The molecule has 0 aliphatic carbocycles. The minimum absolute atomic E-state index is 0.0702. The van der Waals surface area contributed by atoms with Crippen LogP contribution in [0.1, 0.15) is 18.4 Å². The van der Waals surface area contributed by atoms with E-state index in [0.29, 0.717) is 5.92 Å². The van der Waals surface area contributed by atoms with Crippen molar-refractivity contribution in [2.24, 2.45) is 5.92 Å². The van der Waals surface area contributed by atoms with Gasteiger partial charge in [-0.3, -0.25) is 4.90 Å². The van der Waals surface area contributed by atoms with Crippen LogP contribution in [0.25, 0.3) is 0 Å². The molecular weight excluding hydrogens is 328 g/mol. The van der Waals surface area contributed by atoms with E-state index >= 15 is 0 Å². The minimum Gasteiger partial charge on any atom is -0.396 e. The van der Waals surface area contributed by atoms with Gasteiger partial charge in [0.2, 0.25) is 0 Å². The van der Waals surface area contributed by atoms with E-state index in [0.717, 1.165) is 65.2 Å². The van der Waals surface area contributed by atoms with Gasteiger partial charge in [-0.05, 0) is 43.4 Å². The van der Waals surface area contributed by atoms with Crippen molar-refractivity contribution in [3.8, 4) is 0 Å². The molecule has 2 aliphatic rings. The number of benzene rings is 1. The number of amides is 2. The number of aliphatic hydroxyl groups excluding tert-OH is 1. The molecule has 0 aromatic heterocycles. The summed E-state index contributed by atoms with van der Waals surface area (Å²) in [7, 11) is 0. The number of carbonyl (C=O) groups is 1. The van der Waals surface area contributed by atoms with Crippen molar-refractivity contribution in [2.45, 2.75) is 19.8 Å². The normalized spacial score (nSPS) is 21.2. The molecule has 26 heavy (non-hydrogen) atoms. The average molecular weight is 361 g/mol. The molecule has 2 N–H and O–H groups in total. The molecule has 6 heteroatoms. The number of hydrogen-bond donors (Lipinski definition) is 2. The Hall–Kier alpha value is -1.79. The number of anilines is 1. The zero-order valence-corrected chi connectivity index (χ0v) is 15.9. The molecule has 6 nitrogen and oxygen atoms in total. The first-order chi connectivity index (χ1) is 12.7. The van der Waals surface area contributed by atoms with Crippen LogP contribution in [-0.4, -0.2) is 79.9 Å². The Kier molecular flexibility index (Phi) is 6.74. The highest BCUT2D eigenvalue weighted by atomic mass is 16.3. The van der Waals surface area contributed by atoms with E-state index < -0.39 is 0 Å². The van der Waals surface area contributed by atoms with Gasteiger partial charge >= 0.3 is 6.03 Å². The first kappa shape index (κ1) is 19.0. The minimum atomic E-state index is 0.0702. The highest BCUT2D eigenvalue weighted by Gasteiger charge is 2.25. The van der Waals surface area contributed by atoms with Crippen molar-refractivity contribution in [2.75, 3.05) is 63.9 Å². The summed E-state index contributed by atoms with van der Waals surface area (Å²) in [5.41, 5.74) is 2.58. The summed E-state index contributed by atoms with van der Waals surface area (Å²) in [6.45, 7) is 9.47. The van der Waals surface area contributed by atoms with E-state index in [1.807, 2.05) is 4.90 Å². The Bertz CT molecular complexity index is 587. The monoisotopic (exact) mass is 360 g/mol. The molecule has 1 aromatic rings. The lowest BCUT2D eigenvalue weighted by Gasteiger charge is -2.34. The molecule has 3 rings (SSSR count). The van der Waals surface area contributed by atoms with Crippen LogP contribution in [0.5, 0.6) is 0 Å². The standard InChI is InChI=1S/C20H32N4O2/c1-17-4-2-5-19(14-17)24-8-6-18(16-24)15-21-20(26)23-11-9-22(10-12-23)7-3-13-25/h2,4-5,14,18,25H,3,6-13,15-16H2,1H3,(H,21,26)/t18-/m1/s1. The second-order valence-electron chi connectivity index (χ2n) is 7.53. The molecule has 1 aromatic carbocycles. The van der Waals surface area contributed by atoms with Crippen LogP contribution in [0.4, 0.5) is 10.5 Å². The third-order valence-electron chi connectivity index (χ3n) is 5.49. The highest BCUT2D eigenvalue weighted by Crippen LogP contribution is 2.24. The Morgan fingerprint density at radius 3 is 2.77 bits per heavy atom. The summed E-state index contributed by atoms with van der Waals surface area (Å²) in [4.78, 5) is 19.1. The quantitative estimate of drug-likeness (QED) is 0.808. The Morgan fingerprint density at radius 2 is 2.04 bits per heavy atom. The smallest absolute Gasteiger partial charge is 0.317 e. The largest absolute Gasteiger partial charge is 0.396 e. The van der Waals surface area contributed by atoms with Crippen LogP contribution in [0.3, 0.4) is 0 Å². The fourth-order valence-electron chi connectivity index (χ4n) is 3.87. The van der Waals surface area contributed by atoms with E-state index in [4.69, 9.17) is 5.11 Å². The summed E-state index contributed by atoms with van der Waals surface area (Å²) < 4.78 is 0. The average Bonchev–Trinajstić information content (AvgIpc) is 3.14. The zero-order valence-electron chi connectivity index (χ0n) is 15.9. The number of aliphatic hydroxyl groups is 1. The van der Waals surface area contributed by atoms with E-state index in [-0.39, 0.29) is 12.6 Å². The number of nitrogens with zero attached hydrogens (tertiary/aromatic N) is 3. The van der Waals surface area contributed by atoms with Crippen molar-refractivity contribution in [3.05, 3.63) is 29.8 Å². The number of rotatable bonds is 6. The van der Waals surface area contributed by atoms with Crippen molar-refractivity contribution >= 4 is 11.7 Å². The van der Waals surface area contributed by atoms with Gasteiger partial charge in [0.05, 0.1) is 0 Å². The third kappa shape index (κ3) is 5.11. The molecule has 2 saturated heterocycles. The lowest BCUT2D eigenvalue weighted by Crippen LogP contribution is -2.52. The molecule has 0 radical (unpaired) electrons. The van der Waals surface area contributed by atoms with Gasteiger partial charge in [0.15, 0.2) is 0 Å². The fraction of sp³-hybridized carbons (Fsp3) is 0.650. The summed E-state index contributed by atoms with van der Waals surface area (Å²) in [5.74, 6) is 0.519. The van der Waals surface area contributed by atoms with Crippen LogP contribution in [0.15, 0.2) is 24.3 Å². The molecule has 2 amide bonds. The van der Waals surface area contributed by atoms with Crippen LogP contribution in [0, 0.1) is 12.8 Å². The summed E-state index contributed by atoms with van der Waals surface area (Å²) in [6.07, 6.45) is 1.94. The van der Waals surface area contributed by atoms with Crippen LogP contribution in [-0.2, 0) is 0 Å². The topological polar surface area (TPSA) is 59.1 Å². The maximum atomic E-state index is 12.4. The number of carbonyl (C=O) groups excluding carboxylic acids is 1. The molecule has 0 bridgehead atoms. The van der Waals surface area contributed by atoms with E-state index in [2.05, 4.69) is 46.3 Å². The SMILES string of the molecule is Cc1cccc(N2CC[C@H](CNC(=O)N3CCN(CCCO)CC3)C2)c1. The van der Waals surface area contributed by atoms with Gasteiger partial charge in [0.1, 0.15) is 0 Å². The summed E-state index contributed by atoms with van der Waals surface area (Å²) >= 11 is 0. The Morgan fingerprint density at radius 1 is 1.23 bits per heavy atom. The third-order valence-corrected chi connectivity index (χ3v) is 5.49. The fourth-order valence-corrected chi connectivity index (χ4v) is 3.87. The predicted octanol–water partition coefficient (Wildman–Crippen LogP) is 1.53. The maximum Gasteiger partial charge on any atom is 0.317 e. The first-order valence-electron chi connectivity index (χ1n) is 9.83. The van der Waals surface area contributed by atoms with Crippen LogP contribution < -0.4 is 10.2 Å². The van der Waals surface area contributed by atoms with Gasteiger partial charge in [-0.25, -0.2) is 4.79 Å². The molecule has 0 saturated carbocycles. The molecule has 0 unspecified atom stereocenters. The van der Waals surface area contributed by atoms with Gasteiger partial charge in [-0.15, -0.1) is 0 Å². The molecular formula is C20H32N4O2. The van der Waals surface area contributed by atoms with Crippen molar-refractivity contribution in [3.63, 3.8) is 0 Å². The number of piperazine rings is 1. The predicted molar refractivity (Wildman–Crippen MR) is 105 cm³/mol. The van der Waals surface area contributed by atoms with Gasteiger partial charge < -0.3 is 20.2 Å². The van der Waals surface area contributed by atoms with Gasteiger partial charge in [0, 0.05) is 64.7 Å². The van der Waals surface area contributed by atoms with Gasteiger partial charge in [-0.1, -0.05) is 12.1 Å². The van der Waals surface area contributed by atoms with Crippen molar-refractivity contribution in [1.82, 2.24) is 15.1 Å². The second-order valence-corrected chi connectivity index (χ2v) is 7.53. The number of nitrogens with one attached hydrogen (secondary N) is 1. The van der Waals surface area contributed by atoms with E-state index in [1.54, 1.807) is 0 Å². The maximum absolute atomic E-state index is 12.4. The molecule has 0 spiro atoms. The molecule has 144 valence electrons. The lowest BCUT2D eigenvalue weighted by atomic mass is 10.1. The Balaban J connectivity index is 1.38. The molecule has 2 heterocycles. The Labute approximate surface area is 156 Å². The molecule has 2 aliphatic heterocycles. The summed E-state index contributed by atoms with van der Waals surface area (Å²) in [5, 5.41) is 12.0. The summed E-state index contributed by atoms with van der Waals surface area (Å²) in [6, 6.07) is 8.71. The van der Waals surface area contributed by atoms with Crippen molar-refractivity contribution in [1.29, 1.82) is 0 Å². The van der Waals surface area contributed by atoms with Crippen molar-refractivity contribution < 1.29 is 9.90 Å². The van der Waals surface area contributed by atoms with E-state index in [1.165, 1.54) is 11.3 Å². The van der Waals surface area contributed by atoms with Crippen LogP contribution >= 0.6 is 0 Å². The number of aryl methyl sites for hydroxylation is 1. The molecule has 2 fully saturated rings. The van der Waals surface area contributed by atoms with Crippen LogP contribution in [0.2, 0.25) is 0 Å². The first-order valence-corrected chi connectivity index (χ1v) is 9.83. The second kappa shape index (κ2) is 9.24. The number of urea groups is 1.